The van der Waals surface area contributed by atoms with E-state index in [0.29, 0.717) is 0 Å². The second-order valence-electron chi connectivity index (χ2n) is 12.7. The maximum absolute atomic E-state index is 6.15. The predicted molar refractivity (Wildman–Crippen MR) is 192 cm³/mol. The van der Waals surface area contributed by atoms with Gasteiger partial charge in [0.25, 0.3) is 0 Å². The first-order valence-corrected chi connectivity index (χ1v) is 18.3. The molecule has 3 aromatic carbocycles. The summed E-state index contributed by atoms with van der Waals surface area (Å²) in [6.45, 7) is 8.37. The van der Waals surface area contributed by atoms with Crippen molar-refractivity contribution in [3.63, 3.8) is 0 Å². The molecule has 0 saturated carbocycles. The fourth-order valence-corrected chi connectivity index (χ4v) is 6.02. The number of rotatable bonds is 25. The van der Waals surface area contributed by atoms with E-state index in [1.54, 1.807) is 0 Å². The molecule has 1 unspecified atom stereocenters. The first kappa shape index (κ1) is 35.9. The van der Waals surface area contributed by atoms with Gasteiger partial charge < -0.3 is 9.47 Å². The van der Waals surface area contributed by atoms with E-state index in [9.17, 15) is 0 Å². The summed E-state index contributed by atoms with van der Waals surface area (Å²) in [6, 6.07) is 26.3. The van der Waals surface area contributed by atoms with Crippen molar-refractivity contribution in [2.75, 3.05) is 13.2 Å². The Kier molecular flexibility index (Phi) is 18.6. The first-order valence-electron chi connectivity index (χ1n) is 18.3. The minimum absolute atomic E-state index is 0.123. The summed E-state index contributed by atoms with van der Waals surface area (Å²) in [7, 11) is 0. The summed E-state index contributed by atoms with van der Waals surface area (Å²) in [4.78, 5) is 0. The summed E-state index contributed by atoms with van der Waals surface area (Å²) in [6.07, 6.45) is 24.3. The number of ether oxygens (including phenoxy) is 2. The number of benzene rings is 3. The molecule has 44 heavy (non-hydrogen) atoms. The third kappa shape index (κ3) is 14.0. The van der Waals surface area contributed by atoms with Crippen LogP contribution in [0.25, 0.3) is 22.3 Å². The van der Waals surface area contributed by atoms with E-state index < -0.39 is 0 Å². The lowest BCUT2D eigenvalue weighted by molar-refractivity contribution is 0.0627. The van der Waals surface area contributed by atoms with Gasteiger partial charge in [0.2, 0.25) is 0 Å². The number of unbranched alkanes of at least 4 members (excludes halogenated alkanes) is 16. The van der Waals surface area contributed by atoms with Crippen LogP contribution in [0.1, 0.15) is 148 Å². The molecule has 0 spiro atoms. The van der Waals surface area contributed by atoms with E-state index in [1.807, 2.05) is 0 Å². The molecule has 1 atom stereocenters. The van der Waals surface area contributed by atoms with Crippen LogP contribution in [-0.4, -0.2) is 13.2 Å². The van der Waals surface area contributed by atoms with E-state index in [2.05, 4.69) is 93.6 Å². The Morgan fingerprint density at radius 1 is 0.455 bits per heavy atom. The highest BCUT2D eigenvalue weighted by Crippen LogP contribution is 2.33. The van der Waals surface area contributed by atoms with Gasteiger partial charge in [-0.1, -0.05) is 177 Å². The minimum Gasteiger partial charge on any atom is -0.494 e. The molecule has 0 N–H and O–H groups in total. The van der Waals surface area contributed by atoms with Crippen LogP contribution in [0.2, 0.25) is 0 Å². The standard InChI is InChI=1S/C42H62O2/c1-4-6-8-10-12-13-14-15-16-17-19-23-35-44-40-32-30-39(31-33-40)42-25-21-20-24-41(42)38-28-26-37(27-29-38)36(3)43-34-22-18-11-9-7-5-2/h20-21,24-33,36H,4-19,22-23,34-35H2,1-3H3. The third-order valence-electron chi connectivity index (χ3n) is 8.92. The van der Waals surface area contributed by atoms with Crippen LogP contribution in [0.5, 0.6) is 5.75 Å². The van der Waals surface area contributed by atoms with Gasteiger partial charge in [0, 0.05) is 6.61 Å². The van der Waals surface area contributed by atoms with Crippen LogP contribution >= 0.6 is 0 Å². The molecule has 3 rings (SSSR count). The average molecular weight is 599 g/mol. The van der Waals surface area contributed by atoms with Crippen LogP contribution in [-0.2, 0) is 4.74 Å². The predicted octanol–water partition coefficient (Wildman–Crippen LogP) is 13.5. The summed E-state index contributed by atoms with van der Waals surface area (Å²) in [5.41, 5.74) is 6.20. The first-order chi connectivity index (χ1) is 21.7. The Bertz CT molecular complexity index is 1100. The Labute approximate surface area is 271 Å². The molecule has 0 radical (unpaired) electrons. The Balaban J connectivity index is 1.38. The molecule has 2 nitrogen and oxygen atoms in total. The largest absolute Gasteiger partial charge is 0.494 e. The number of hydrogen-bond donors (Lipinski definition) is 0. The Morgan fingerprint density at radius 2 is 0.864 bits per heavy atom. The van der Waals surface area contributed by atoms with Gasteiger partial charge in [-0.05, 0) is 59.7 Å². The Morgan fingerprint density at radius 3 is 1.34 bits per heavy atom. The molecule has 0 aliphatic rings. The van der Waals surface area contributed by atoms with Gasteiger partial charge in [0.15, 0.2) is 0 Å². The highest BCUT2D eigenvalue weighted by Gasteiger charge is 2.10. The van der Waals surface area contributed by atoms with Gasteiger partial charge in [0.1, 0.15) is 5.75 Å². The molecule has 0 bridgehead atoms. The van der Waals surface area contributed by atoms with E-state index in [4.69, 9.17) is 9.47 Å². The van der Waals surface area contributed by atoms with Crippen molar-refractivity contribution >= 4 is 0 Å². The fraction of sp³-hybridized carbons (Fsp3) is 0.571. The average Bonchev–Trinajstić information content (AvgIpc) is 3.07. The summed E-state index contributed by atoms with van der Waals surface area (Å²) in [5, 5.41) is 0. The molecule has 0 aliphatic carbocycles. The highest BCUT2D eigenvalue weighted by molar-refractivity contribution is 5.83. The SMILES string of the molecule is CCCCCCCCCCCCCCOc1ccc(-c2ccccc2-c2ccc(C(C)OCCCCCCCC)cc2)cc1. The summed E-state index contributed by atoms with van der Waals surface area (Å²) >= 11 is 0. The molecule has 242 valence electrons. The van der Waals surface area contributed by atoms with Gasteiger partial charge in [-0.25, -0.2) is 0 Å². The van der Waals surface area contributed by atoms with Crippen LogP contribution in [0.15, 0.2) is 72.8 Å². The molecule has 0 fully saturated rings. The van der Waals surface area contributed by atoms with Crippen molar-refractivity contribution in [3.05, 3.63) is 78.4 Å². The van der Waals surface area contributed by atoms with E-state index in [-0.39, 0.29) is 6.10 Å². The highest BCUT2D eigenvalue weighted by atomic mass is 16.5. The topological polar surface area (TPSA) is 18.5 Å². The van der Waals surface area contributed by atoms with Crippen LogP contribution in [0.3, 0.4) is 0 Å². The van der Waals surface area contributed by atoms with Crippen molar-refractivity contribution in [2.45, 2.75) is 142 Å². The summed E-state index contributed by atoms with van der Waals surface area (Å²) < 4.78 is 12.2. The lowest BCUT2D eigenvalue weighted by Gasteiger charge is -2.15. The van der Waals surface area contributed by atoms with Crippen LogP contribution in [0.4, 0.5) is 0 Å². The lowest BCUT2D eigenvalue weighted by Crippen LogP contribution is -2.02. The molecule has 0 aliphatic heterocycles. The smallest absolute Gasteiger partial charge is 0.119 e. The zero-order valence-electron chi connectivity index (χ0n) is 28.5. The maximum atomic E-state index is 6.15. The van der Waals surface area contributed by atoms with Gasteiger partial charge in [0.05, 0.1) is 12.7 Å². The zero-order valence-corrected chi connectivity index (χ0v) is 28.5. The van der Waals surface area contributed by atoms with Gasteiger partial charge in [-0.15, -0.1) is 0 Å². The molecule has 3 aromatic rings. The van der Waals surface area contributed by atoms with Gasteiger partial charge >= 0.3 is 0 Å². The van der Waals surface area contributed by atoms with Crippen molar-refractivity contribution in [3.8, 4) is 28.0 Å². The molecule has 0 amide bonds. The second kappa shape index (κ2) is 22.9. The molecule has 0 heterocycles. The van der Waals surface area contributed by atoms with Crippen LogP contribution < -0.4 is 4.74 Å². The van der Waals surface area contributed by atoms with E-state index >= 15 is 0 Å². The molecular formula is C42H62O2. The lowest BCUT2D eigenvalue weighted by atomic mass is 9.94. The van der Waals surface area contributed by atoms with Gasteiger partial charge in [-0.2, -0.15) is 0 Å². The normalized spacial score (nSPS) is 12.0. The summed E-state index contributed by atoms with van der Waals surface area (Å²) in [5.74, 6) is 0.966. The Hall–Kier alpha value is -2.58. The van der Waals surface area contributed by atoms with Gasteiger partial charge in [-0.3, -0.25) is 0 Å². The minimum atomic E-state index is 0.123. The van der Waals surface area contributed by atoms with Crippen LogP contribution in [0, 0.1) is 0 Å². The van der Waals surface area contributed by atoms with E-state index in [1.165, 1.54) is 131 Å². The number of hydrogen-bond acceptors (Lipinski definition) is 2. The zero-order chi connectivity index (χ0) is 31.1. The van der Waals surface area contributed by atoms with Crippen molar-refractivity contribution in [1.82, 2.24) is 0 Å². The van der Waals surface area contributed by atoms with Crippen molar-refractivity contribution < 1.29 is 9.47 Å². The molecule has 2 heteroatoms. The molecule has 0 aromatic heterocycles. The van der Waals surface area contributed by atoms with Crippen molar-refractivity contribution in [2.24, 2.45) is 0 Å². The fourth-order valence-electron chi connectivity index (χ4n) is 6.02. The van der Waals surface area contributed by atoms with E-state index in [0.717, 1.165) is 31.8 Å². The molecule has 0 saturated heterocycles. The molecular weight excluding hydrogens is 536 g/mol. The maximum Gasteiger partial charge on any atom is 0.119 e. The van der Waals surface area contributed by atoms with Crippen molar-refractivity contribution in [1.29, 1.82) is 0 Å². The third-order valence-corrected chi connectivity index (χ3v) is 8.92. The quantitative estimate of drug-likeness (QED) is 0.0903. The second-order valence-corrected chi connectivity index (χ2v) is 12.7. The monoisotopic (exact) mass is 598 g/mol.